The zero-order valence-electron chi connectivity index (χ0n) is 9.70. The van der Waals surface area contributed by atoms with Gasteiger partial charge >= 0.3 is 0 Å². The van der Waals surface area contributed by atoms with Gasteiger partial charge in [-0.05, 0) is 30.3 Å². The Morgan fingerprint density at radius 3 is 2.53 bits per heavy atom. The van der Waals surface area contributed by atoms with Crippen LogP contribution in [0.5, 0.6) is 0 Å². The molecule has 0 fully saturated rings. The molecule has 0 spiro atoms. The van der Waals surface area contributed by atoms with Crippen LogP contribution in [0, 0.1) is 11.6 Å². The van der Waals surface area contributed by atoms with Gasteiger partial charge in [-0.2, -0.15) is 0 Å². The lowest BCUT2D eigenvalue weighted by Crippen LogP contribution is -2.01. The average molecular weight is 302 g/mol. The van der Waals surface area contributed by atoms with E-state index in [1.54, 1.807) is 0 Å². The number of nitrogen functional groups attached to an aromatic ring is 1. The third kappa shape index (κ3) is 3.11. The molecule has 0 saturated carbocycles. The fourth-order valence-electron chi connectivity index (χ4n) is 1.53. The minimum atomic E-state index is -1.59. The summed E-state index contributed by atoms with van der Waals surface area (Å²) < 4.78 is 38.9. The molecule has 0 heterocycles. The quantitative estimate of drug-likeness (QED) is 0.882. The van der Waals surface area contributed by atoms with E-state index in [0.29, 0.717) is 0 Å². The Balaban J connectivity index is 2.28. The Morgan fingerprint density at radius 1 is 1.16 bits per heavy atom. The van der Waals surface area contributed by atoms with Crippen molar-refractivity contribution in [2.45, 2.75) is 10.6 Å². The maximum Gasteiger partial charge on any atom is 0.147 e. The monoisotopic (exact) mass is 301 g/mol. The summed E-state index contributed by atoms with van der Waals surface area (Å²) in [6, 6.07) is 8.07. The van der Waals surface area contributed by atoms with Crippen LogP contribution < -0.4 is 5.73 Å². The molecule has 19 heavy (non-hydrogen) atoms. The summed E-state index contributed by atoms with van der Waals surface area (Å²) in [6.45, 7) is 0. The Bertz CT molecular complexity index is 628. The molecule has 1 atom stereocenters. The first-order valence-corrected chi connectivity index (χ1v) is 7.05. The molecule has 2 aromatic carbocycles. The van der Waals surface area contributed by atoms with E-state index in [9.17, 15) is 13.0 Å². The lowest BCUT2D eigenvalue weighted by Gasteiger charge is -2.07. The van der Waals surface area contributed by atoms with E-state index >= 15 is 0 Å². The van der Waals surface area contributed by atoms with Gasteiger partial charge in [-0.1, -0.05) is 17.7 Å². The molecule has 2 nitrogen and oxygen atoms in total. The summed E-state index contributed by atoms with van der Waals surface area (Å²) in [5.41, 5.74) is 5.46. The van der Waals surface area contributed by atoms with Crippen molar-refractivity contribution in [2.75, 3.05) is 5.73 Å². The molecule has 2 rings (SSSR count). The number of hydrogen-bond donors (Lipinski definition) is 1. The van der Waals surface area contributed by atoms with Crippen molar-refractivity contribution in [1.82, 2.24) is 0 Å². The molecule has 0 aliphatic rings. The van der Waals surface area contributed by atoms with Crippen molar-refractivity contribution >= 4 is 28.1 Å². The lowest BCUT2D eigenvalue weighted by molar-refractivity contribution is 0.615. The van der Waals surface area contributed by atoms with Gasteiger partial charge in [0.25, 0.3) is 0 Å². The van der Waals surface area contributed by atoms with E-state index in [0.717, 1.165) is 6.07 Å². The van der Waals surface area contributed by atoms with Crippen molar-refractivity contribution in [3.8, 4) is 0 Å². The second-order valence-corrected chi connectivity index (χ2v) is 5.73. The first-order valence-electron chi connectivity index (χ1n) is 5.35. The van der Waals surface area contributed by atoms with Gasteiger partial charge in [0.2, 0.25) is 0 Å². The first-order chi connectivity index (χ1) is 8.99. The topological polar surface area (TPSA) is 43.1 Å². The Kier molecular flexibility index (Phi) is 4.17. The van der Waals surface area contributed by atoms with Crippen molar-refractivity contribution in [3.05, 3.63) is 58.6 Å². The standard InChI is InChI=1S/C13H10ClF2NOS/c14-10-2-1-3-11(15)9(10)7-19(18)8-4-5-13(17)12(16)6-8/h1-6H,7,17H2. The van der Waals surface area contributed by atoms with Crippen LogP contribution in [0.4, 0.5) is 14.5 Å². The highest BCUT2D eigenvalue weighted by Gasteiger charge is 2.13. The van der Waals surface area contributed by atoms with E-state index in [4.69, 9.17) is 17.3 Å². The molecular weight excluding hydrogens is 292 g/mol. The van der Waals surface area contributed by atoms with Gasteiger partial charge < -0.3 is 5.73 Å². The molecular formula is C13H10ClF2NOS. The highest BCUT2D eigenvalue weighted by molar-refractivity contribution is 7.84. The molecule has 6 heteroatoms. The molecule has 0 radical (unpaired) electrons. The predicted octanol–water partition coefficient (Wildman–Crippen LogP) is 3.51. The van der Waals surface area contributed by atoms with Crippen LogP contribution in [0.3, 0.4) is 0 Å². The molecule has 0 saturated heterocycles. The summed E-state index contributed by atoms with van der Waals surface area (Å²) in [5, 5.41) is 0.198. The van der Waals surface area contributed by atoms with Crippen molar-refractivity contribution in [2.24, 2.45) is 0 Å². The summed E-state index contributed by atoms with van der Waals surface area (Å²) in [5.74, 6) is -1.29. The number of anilines is 1. The second-order valence-electron chi connectivity index (χ2n) is 3.87. The number of benzene rings is 2. The number of rotatable bonds is 3. The van der Waals surface area contributed by atoms with E-state index in [2.05, 4.69) is 0 Å². The average Bonchev–Trinajstić information content (AvgIpc) is 2.37. The van der Waals surface area contributed by atoms with Crippen LogP contribution in [0.15, 0.2) is 41.3 Å². The summed E-state index contributed by atoms with van der Waals surface area (Å²) >= 11 is 5.85. The van der Waals surface area contributed by atoms with Gasteiger partial charge in [0.15, 0.2) is 0 Å². The van der Waals surface area contributed by atoms with Crippen molar-refractivity contribution in [1.29, 1.82) is 0 Å². The smallest absolute Gasteiger partial charge is 0.147 e. The highest BCUT2D eigenvalue weighted by Crippen LogP contribution is 2.23. The van der Waals surface area contributed by atoms with Crippen LogP contribution in [0.25, 0.3) is 0 Å². The Hall–Kier alpha value is -1.46. The summed E-state index contributed by atoms with van der Waals surface area (Å²) in [6.07, 6.45) is 0. The maximum atomic E-state index is 13.6. The van der Waals surface area contributed by atoms with Gasteiger partial charge in [0.1, 0.15) is 11.6 Å². The molecule has 100 valence electrons. The van der Waals surface area contributed by atoms with Gasteiger partial charge in [-0.25, -0.2) is 8.78 Å². The van der Waals surface area contributed by atoms with Gasteiger partial charge in [0, 0.05) is 15.5 Å². The van der Waals surface area contributed by atoms with Gasteiger partial charge in [-0.15, -0.1) is 0 Å². The maximum absolute atomic E-state index is 13.6. The molecule has 0 aromatic heterocycles. The van der Waals surface area contributed by atoms with E-state index in [-0.39, 0.29) is 26.9 Å². The van der Waals surface area contributed by atoms with Crippen molar-refractivity contribution < 1.29 is 13.0 Å². The van der Waals surface area contributed by atoms with E-state index < -0.39 is 22.4 Å². The van der Waals surface area contributed by atoms with E-state index in [1.807, 2.05) is 0 Å². The normalized spacial score (nSPS) is 12.4. The lowest BCUT2D eigenvalue weighted by atomic mass is 10.2. The zero-order valence-corrected chi connectivity index (χ0v) is 11.3. The first kappa shape index (κ1) is 14.0. The highest BCUT2D eigenvalue weighted by atomic mass is 35.5. The Labute approximate surface area is 116 Å². The summed E-state index contributed by atoms with van der Waals surface area (Å²) in [7, 11) is -1.59. The third-order valence-corrected chi connectivity index (χ3v) is 4.26. The fraction of sp³-hybridized carbons (Fsp3) is 0.0769. The molecule has 2 N–H and O–H groups in total. The van der Waals surface area contributed by atoms with Crippen LogP contribution >= 0.6 is 11.6 Å². The van der Waals surface area contributed by atoms with Crippen LogP contribution in [0.1, 0.15) is 5.56 Å². The molecule has 2 aromatic rings. The minimum absolute atomic E-state index is 0.0234. The largest absolute Gasteiger partial charge is 0.396 e. The number of nitrogens with two attached hydrogens (primary N) is 1. The molecule has 0 aliphatic carbocycles. The second kappa shape index (κ2) is 5.67. The molecule has 1 unspecified atom stereocenters. The number of hydrogen-bond acceptors (Lipinski definition) is 2. The van der Waals surface area contributed by atoms with Gasteiger partial charge in [0.05, 0.1) is 22.2 Å². The number of halogens is 3. The van der Waals surface area contributed by atoms with Crippen LogP contribution in [0.2, 0.25) is 5.02 Å². The minimum Gasteiger partial charge on any atom is -0.396 e. The zero-order chi connectivity index (χ0) is 14.0. The summed E-state index contributed by atoms with van der Waals surface area (Å²) in [4.78, 5) is 0.242. The third-order valence-electron chi connectivity index (χ3n) is 2.57. The molecule has 0 bridgehead atoms. The fourth-order valence-corrected chi connectivity index (χ4v) is 3.02. The molecule has 0 amide bonds. The predicted molar refractivity (Wildman–Crippen MR) is 72.3 cm³/mol. The van der Waals surface area contributed by atoms with E-state index in [1.165, 1.54) is 30.3 Å². The van der Waals surface area contributed by atoms with Crippen LogP contribution in [-0.4, -0.2) is 4.21 Å². The Morgan fingerprint density at radius 2 is 1.89 bits per heavy atom. The SMILES string of the molecule is Nc1ccc(S(=O)Cc2c(F)cccc2Cl)cc1F. The van der Waals surface area contributed by atoms with Crippen molar-refractivity contribution in [3.63, 3.8) is 0 Å². The van der Waals surface area contributed by atoms with Gasteiger partial charge in [-0.3, -0.25) is 4.21 Å². The molecule has 0 aliphatic heterocycles. The van der Waals surface area contributed by atoms with Crippen LogP contribution in [-0.2, 0) is 16.6 Å².